The van der Waals surface area contributed by atoms with Crippen molar-refractivity contribution >= 4 is 23.6 Å². The quantitative estimate of drug-likeness (QED) is 0.427. The van der Waals surface area contributed by atoms with Crippen LogP contribution in [0.25, 0.3) is 10.9 Å². The Morgan fingerprint density at radius 1 is 1.24 bits per heavy atom. The average Bonchev–Trinajstić information content (AvgIpc) is 2.53. The number of pyridine rings is 1. The molecule has 8 nitrogen and oxygen atoms in total. The number of amides is 2. The summed E-state index contributed by atoms with van der Waals surface area (Å²) in [6.07, 6.45) is 4.13. The summed E-state index contributed by atoms with van der Waals surface area (Å²) < 4.78 is 0. The molecule has 0 spiro atoms. The van der Waals surface area contributed by atoms with Crippen molar-refractivity contribution in [3.8, 4) is 11.9 Å². The van der Waals surface area contributed by atoms with Crippen molar-refractivity contribution in [2.24, 2.45) is 0 Å². The maximum Gasteiger partial charge on any atom is 0.269 e. The van der Waals surface area contributed by atoms with Crippen LogP contribution < -0.4 is 10.9 Å². The van der Waals surface area contributed by atoms with E-state index in [1.807, 2.05) is 0 Å². The zero-order valence-corrected chi connectivity index (χ0v) is 13.3. The molecule has 0 aliphatic carbocycles. The molecule has 0 radical (unpaired) electrons. The van der Waals surface area contributed by atoms with Gasteiger partial charge in [0.25, 0.3) is 17.4 Å². The van der Waals surface area contributed by atoms with Crippen molar-refractivity contribution in [2.45, 2.75) is 13.8 Å². The highest BCUT2D eigenvalue weighted by Crippen LogP contribution is 2.28. The molecule has 2 amide bonds. The van der Waals surface area contributed by atoms with E-state index in [2.05, 4.69) is 15.1 Å². The van der Waals surface area contributed by atoms with Crippen molar-refractivity contribution in [2.75, 3.05) is 0 Å². The lowest BCUT2D eigenvalue weighted by Crippen LogP contribution is -2.37. The van der Waals surface area contributed by atoms with Gasteiger partial charge in [0.15, 0.2) is 5.88 Å². The lowest BCUT2D eigenvalue weighted by atomic mass is 9.96. The standard InChI is InChI=1S/C17H12N4O4/c1-8-10(14(22)20-16(24)12(8)7-18)5-4-6-11-9(2)13(19-3)17(25)21-15(11)23/h4-6H,1-2H3,(H,20,22,24)(H2,21,23,25)/b6-4+,10-5-. The second kappa shape index (κ2) is 6.69. The molecule has 25 heavy (non-hydrogen) atoms. The van der Waals surface area contributed by atoms with Crippen molar-refractivity contribution in [1.29, 1.82) is 5.26 Å². The number of nitrogens with zero attached hydrogens (tertiary/aromatic N) is 2. The van der Waals surface area contributed by atoms with Gasteiger partial charge in [-0.2, -0.15) is 5.26 Å². The number of H-pyrrole nitrogens is 1. The number of hydrogen-bond acceptors (Lipinski definition) is 5. The number of nitrogens with one attached hydrogen (secondary N) is 2. The minimum absolute atomic E-state index is 0.0734. The number of carbonyl (C=O) groups excluding carboxylic acids is 2. The van der Waals surface area contributed by atoms with E-state index in [0.29, 0.717) is 5.56 Å². The first-order chi connectivity index (χ1) is 11.8. The van der Waals surface area contributed by atoms with E-state index in [9.17, 15) is 19.5 Å². The zero-order valence-electron chi connectivity index (χ0n) is 13.3. The lowest BCUT2D eigenvalue weighted by molar-refractivity contribution is -0.126. The molecule has 124 valence electrons. The van der Waals surface area contributed by atoms with E-state index in [0.717, 1.165) is 0 Å². The Balaban J connectivity index is 2.50. The summed E-state index contributed by atoms with van der Waals surface area (Å²) in [6.45, 7) is 10.0. The molecule has 0 saturated carbocycles. The van der Waals surface area contributed by atoms with E-state index in [-0.39, 0.29) is 28.0 Å². The van der Waals surface area contributed by atoms with Crippen molar-refractivity contribution in [3.63, 3.8) is 0 Å². The van der Waals surface area contributed by atoms with Gasteiger partial charge in [0, 0.05) is 11.1 Å². The number of imide groups is 1. The molecule has 1 aromatic heterocycles. The molecule has 0 fully saturated rings. The van der Waals surface area contributed by atoms with Crippen molar-refractivity contribution in [3.05, 3.63) is 61.8 Å². The van der Waals surface area contributed by atoms with Gasteiger partial charge >= 0.3 is 0 Å². The SMILES string of the molecule is [C-]#[N+]c1c(O)[nH]c(=O)c(/C=C/C=C2\C(=O)NC(=O)C(C#N)=C2C)c1C. The molecule has 0 saturated heterocycles. The van der Waals surface area contributed by atoms with E-state index >= 15 is 0 Å². The van der Waals surface area contributed by atoms with Gasteiger partial charge in [-0.1, -0.05) is 12.2 Å². The Labute approximate surface area is 142 Å². The largest absolute Gasteiger partial charge is 0.503 e. The van der Waals surface area contributed by atoms with Crippen LogP contribution in [0.1, 0.15) is 18.1 Å². The van der Waals surface area contributed by atoms with Gasteiger partial charge in [0.05, 0.1) is 6.57 Å². The van der Waals surface area contributed by atoms with Gasteiger partial charge in [-0.05, 0) is 31.1 Å². The molecule has 2 rings (SSSR count). The van der Waals surface area contributed by atoms with Crippen LogP contribution in [-0.2, 0) is 9.59 Å². The second-order valence-corrected chi connectivity index (χ2v) is 5.14. The molecule has 1 aliphatic rings. The van der Waals surface area contributed by atoms with Crippen LogP contribution in [0.4, 0.5) is 5.69 Å². The zero-order chi connectivity index (χ0) is 18.7. The van der Waals surface area contributed by atoms with Crippen LogP contribution in [0.15, 0.2) is 33.7 Å². The Morgan fingerprint density at radius 3 is 2.52 bits per heavy atom. The molecule has 3 N–H and O–H groups in total. The Hall–Kier alpha value is -3.91. The molecular formula is C17H12N4O4. The highest BCUT2D eigenvalue weighted by atomic mass is 16.3. The summed E-state index contributed by atoms with van der Waals surface area (Å²) in [5.41, 5.74) is -0.0340. The average molecular weight is 336 g/mol. The number of nitriles is 1. The topological polar surface area (TPSA) is 127 Å². The van der Waals surface area contributed by atoms with E-state index < -0.39 is 23.3 Å². The maximum atomic E-state index is 11.9. The fraction of sp³-hybridized carbons (Fsp3) is 0.118. The molecule has 0 unspecified atom stereocenters. The van der Waals surface area contributed by atoms with Gasteiger partial charge in [0.2, 0.25) is 5.69 Å². The van der Waals surface area contributed by atoms with Gasteiger partial charge in [0.1, 0.15) is 11.6 Å². The molecule has 0 bridgehead atoms. The minimum atomic E-state index is -0.751. The third-order valence-electron chi connectivity index (χ3n) is 3.69. The van der Waals surface area contributed by atoms with E-state index in [1.54, 1.807) is 6.07 Å². The summed E-state index contributed by atoms with van der Waals surface area (Å²) in [4.78, 5) is 40.6. The summed E-state index contributed by atoms with van der Waals surface area (Å²) in [6, 6.07) is 1.74. The van der Waals surface area contributed by atoms with Crippen LogP contribution in [-0.4, -0.2) is 21.9 Å². The van der Waals surface area contributed by atoms with Crippen LogP contribution in [0.3, 0.4) is 0 Å². The molecule has 1 aromatic rings. The van der Waals surface area contributed by atoms with Crippen LogP contribution >= 0.6 is 0 Å². The van der Waals surface area contributed by atoms with Crippen LogP contribution in [0.2, 0.25) is 0 Å². The highest BCUT2D eigenvalue weighted by Gasteiger charge is 2.26. The lowest BCUT2D eigenvalue weighted by Gasteiger charge is -2.15. The Morgan fingerprint density at radius 2 is 1.92 bits per heavy atom. The molecule has 0 atom stereocenters. The minimum Gasteiger partial charge on any atom is -0.503 e. The molecule has 1 aliphatic heterocycles. The van der Waals surface area contributed by atoms with Gasteiger partial charge < -0.3 is 10.1 Å². The van der Waals surface area contributed by atoms with Crippen molar-refractivity contribution in [1.82, 2.24) is 10.3 Å². The van der Waals surface area contributed by atoms with Gasteiger partial charge in [-0.25, -0.2) is 4.85 Å². The number of allylic oxidation sites excluding steroid dienone is 2. The third-order valence-corrected chi connectivity index (χ3v) is 3.69. The molecule has 2 heterocycles. The molecule has 0 aromatic carbocycles. The van der Waals surface area contributed by atoms with E-state index in [1.165, 1.54) is 32.1 Å². The number of carbonyl (C=O) groups is 2. The van der Waals surface area contributed by atoms with Gasteiger partial charge in [-0.15, -0.1) is 0 Å². The maximum absolute atomic E-state index is 11.9. The predicted molar refractivity (Wildman–Crippen MR) is 88.3 cm³/mol. The first kappa shape index (κ1) is 17.4. The number of aromatic amines is 1. The number of aromatic hydroxyl groups is 1. The first-order valence-corrected chi connectivity index (χ1v) is 7.00. The summed E-state index contributed by atoms with van der Waals surface area (Å²) >= 11 is 0. The summed E-state index contributed by atoms with van der Waals surface area (Å²) in [5, 5.41) is 20.6. The normalized spacial score (nSPS) is 16.1. The third kappa shape index (κ3) is 3.09. The molecule has 8 heteroatoms. The Bertz CT molecular complexity index is 1030. The summed E-state index contributed by atoms with van der Waals surface area (Å²) in [5.74, 6) is -1.90. The monoisotopic (exact) mass is 336 g/mol. The fourth-order valence-electron chi connectivity index (χ4n) is 2.33. The first-order valence-electron chi connectivity index (χ1n) is 7.00. The number of rotatable bonds is 2. The van der Waals surface area contributed by atoms with E-state index in [4.69, 9.17) is 11.8 Å². The van der Waals surface area contributed by atoms with Crippen LogP contribution in [0, 0.1) is 24.8 Å². The van der Waals surface area contributed by atoms with Crippen molar-refractivity contribution < 1.29 is 14.7 Å². The highest BCUT2D eigenvalue weighted by molar-refractivity contribution is 6.18. The molecular weight excluding hydrogens is 324 g/mol. The number of aromatic nitrogens is 1. The fourth-order valence-corrected chi connectivity index (χ4v) is 2.33. The predicted octanol–water partition coefficient (Wildman–Crippen LogP) is 1.38. The Kier molecular flexibility index (Phi) is 4.67. The van der Waals surface area contributed by atoms with Crippen LogP contribution in [0.5, 0.6) is 5.88 Å². The number of hydrogen-bond donors (Lipinski definition) is 3. The second-order valence-electron chi connectivity index (χ2n) is 5.14. The summed E-state index contributed by atoms with van der Waals surface area (Å²) in [7, 11) is 0. The van der Waals surface area contributed by atoms with Gasteiger partial charge in [-0.3, -0.25) is 19.7 Å². The smallest absolute Gasteiger partial charge is 0.269 e.